The van der Waals surface area contributed by atoms with Crippen LogP contribution >= 0.6 is 0 Å². The van der Waals surface area contributed by atoms with Crippen molar-refractivity contribution in [2.24, 2.45) is 10.2 Å². The quantitative estimate of drug-likeness (QED) is 0.427. The number of rotatable bonds is 12. The van der Waals surface area contributed by atoms with Gasteiger partial charge in [-0.05, 0) is 94.9 Å². The third-order valence-corrected chi connectivity index (χ3v) is 3.23. The second-order valence-corrected chi connectivity index (χ2v) is 7.49. The fourth-order valence-electron chi connectivity index (χ4n) is 1.90. The largest absolute Gasteiger partial charge is 0.309 e. The van der Waals surface area contributed by atoms with Gasteiger partial charge in [0.15, 0.2) is 0 Å². The molecule has 0 rings (SSSR count). The van der Waals surface area contributed by atoms with Gasteiger partial charge in [0.1, 0.15) is 11.3 Å². The third-order valence-electron chi connectivity index (χ3n) is 3.23. The molecule has 0 saturated carbocycles. The number of nitrogens with one attached hydrogen (secondary N) is 2. The van der Waals surface area contributed by atoms with E-state index in [1.807, 2.05) is 0 Å². The van der Waals surface area contributed by atoms with E-state index in [9.17, 15) is 0 Å². The molecule has 6 nitrogen and oxygen atoms in total. The molecule has 2 N–H and O–H groups in total. The fourth-order valence-corrected chi connectivity index (χ4v) is 1.90. The molecule has 0 spiro atoms. The molecular weight excluding hydrogens is 276 g/mol. The number of azo groups is 1. The van der Waals surface area contributed by atoms with Crippen LogP contribution in [-0.4, -0.2) is 75.5 Å². The maximum absolute atomic E-state index is 4.49. The summed E-state index contributed by atoms with van der Waals surface area (Å²) in [4.78, 5) is 4.38. The van der Waals surface area contributed by atoms with Crippen LogP contribution < -0.4 is 10.6 Å². The average molecular weight is 315 g/mol. The van der Waals surface area contributed by atoms with Crippen LogP contribution in [0.5, 0.6) is 0 Å². The minimum atomic E-state index is -0.325. The summed E-state index contributed by atoms with van der Waals surface area (Å²) in [6, 6.07) is 0. The molecule has 132 valence electrons. The normalized spacial score (nSPS) is 13.7. The Morgan fingerprint density at radius 3 is 1.27 bits per heavy atom. The monoisotopic (exact) mass is 314 g/mol. The van der Waals surface area contributed by atoms with E-state index in [0.717, 1.165) is 39.0 Å². The molecule has 0 aliphatic heterocycles. The van der Waals surface area contributed by atoms with Gasteiger partial charge in [0.2, 0.25) is 0 Å². The molecule has 0 radical (unpaired) electrons. The molecule has 22 heavy (non-hydrogen) atoms. The predicted octanol–water partition coefficient (Wildman–Crippen LogP) is 1.99. The van der Waals surface area contributed by atoms with Gasteiger partial charge >= 0.3 is 0 Å². The first-order valence-electron chi connectivity index (χ1n) is 8.28. The van der Waals surface area contributed by atoms with E-state index in [1.54, 1.807) is 0 Å². The zero-order chi connectivity index (χ0) is 17.2. The Balaban J connectivity index is 4.10. The van der Waals surface area contributed by atoms with E-state index in [-0.39, 0.29) is 11.3 Å². The van der Waals surface area contributed by atoms with Crippen molar-refractivity contribution < 1.29 is 0 Å². The zero-order valence-electron chi connectivity index (χ0n) is 16.0. The number of hydrogen-bond donors (Lipinski definition) is 2. The first-order chi connectivity index (χ1) is 10.0. The molecule has 0 aromatic heterocycles. The van der Waals surface area contributed by atoms with Gasteiger partial charge in [0.25, 0.3) is 0 Å². The van der Waals surface area contributed by atoms with E-state index >= 15 is 0 Å². The first-order valence-corrected chi connectivity index (χ1v) is 8.28. The molecule has 0 aliphatic carbocycles. The van der Waals surface area contributed by atoms with Crippen LogP contribution in [0.25, 0.3) is 0 Å². The van der Waals surface area contributed by atoms with E-state index < -0.39 is 0 Å². The van der Waals surface area contributed by atoms with Crippen LogP contribution in [0.4, 0.5) is 0 Å². The summed E-state index contributed by atoms with van der Waals surface area (Å²) < 4.78 is 0. The summed E-state index contributed by atoms with van der Waals surface area (Å²) in [6.45, 7) is 12.3. The first kappa shape index (κ1) is 21.4. The molecule has 0 unspecified atom stereocenters. The van der Waals surface area contributed by atoms with Crippen LogP contribution in [0, 0.1) is 0 Å². The van der Waals surface area contributed by atoms with Crippen molar-refractivity contribution in [3.63, 3.8) is 0 Å². The Kier molecular flexibility index (Phi) is 10.00. The number of hydrogen-bond acceptors (Lipinski definition) is 6. The van der Waals surface area contributed by atoms with E-state index in [1.165, 1.54) is 0 Å². The fraction of sp³-hybridized carbons (Fsp3) is 1.00. The molecule has 0 amide bonds. The lowest BCUT2D eigenvalue weighted by atomic mass is 10.2. The Morgan fingerprint density at radius 2 is 1.00 bits per heavy atom. The zero-order valence-corrected chi connectivity index (χ0v) is 16.0. The number of nitrogens with zero attached hydrogens (tertiary/aromatic N) is 4. The van der Waals surface area contributed by atoms with Gasteiger partial charge in [-0.15, -0.1) is 0 Å². The third kappa shape index (κ3) is 13.1. The molecule has 0 aromatic rings. The molecule has 0 fully saturated rings. The van der Waals surface area contributed by atoms with Gasteiger partial charge in [0.05, 0.1) is 0 Å². The van der Waals surface area contributed by atoms with Gasteiger partial charge in [0, 0.05) is 0 Å². The highest BCUT2D eigenvalue weighted by molar-refractivity contribution is 4.78. The van der Waals surface area contributed by atoms with Gasteiger partial charge in [-0.2, -0.15) is 10.2 Å². The van der Waals surface area contributed by atoms with Crippen LogP contribution in [0.15, 0.2) is 10.2 Å². The highest BCUT2D eigenvalue weighted by atomic mass is 15.3. The van der Waals surface area contributed by atoms with Crippen molar-refractivity contribution in [2.75, 3.05) is 54.4 Å². The van der Waals surface area contributed by atoms with Crippen molar-refractivity contribution in [1.29, 1.82) is 0 Å². The summed E-state index contributed by atoms with van der Waals surface area (Å²) in [7, 11) is 8.37. The topological polar surface area (TPSA) is 55.3 Å². The minimum Gasteiger partial charge on any atom is -0.309 e. The second-order valence-electron chi connectivity index (χ2n) is 7.49. The lowest BCUT2D eigenvalue weighted by Crippen LogP contribution is -2.42. The van der Waals surface area contributed by atoms with E-state index in [2.05, 4.69) is 86.5 Å². The summed E-state index contributed by atoms with van der Waals surface area (Å²) in [5.74, 6) is 0. The summed E-state index contributed by atoms with van der Waals surface area (Å²) in [6.07, 6.45) is 2.22. The smallest absolute Gasteiger partial charge is 0.126 e. The molecule has 0 bridgehead atoms. The van der Waals surface area contributed by atoms with E-state index in [0.29, 0.717) is 0 Å². The van der Waals surface area contributed by atoms with Crippen molar-refractivity contribution in [2.45, 2.75) is 51.9 Å². The van der Waals surface area contributed by atoms with Crippen LogP contribution in [0.2, 0.25) is 0 Å². The summed E-state index contributed by atoms with van der Waals surface area (Å²) >= 11 is 0. The molecule has 0 heterocycles. The molecule has 0 atom stereocenters. The van der Waals surface area contributed by atoms with Gasteiger partial charge in [-0.1, -0.05) is 0 Å². The average Bonchev–Trinajstić information content (AvgIpc) is 2.38. The maximum Gasteiger partial charge on any atom is 0.126 e. The minimum absolute atomic E-state index is 0.325. The van der Waals surface area contributed by atoms with E-state index in [4.69, 9.17) is 0 Å². The Labute approximate surface area is 137 Å². The standard InChI is InChI=1S/C16H38N6/c1-15(2,17-11-9-13-21(5)6)19-20-16(3,4)18-12-10-14-22(7)8/h17-18H,9-14H2,1-8H3. The van der Waals surface area contributed by atoms with Crippen molar-refractivity contribution in [3.05, 3.63) is 0 Å². The molecular formula is C16H38N6. The summed E-state index contributed by atoms with van der Waals surface area (Å²) in [5.41, 5.74) is -0.649. The Morgan fingerprint density at radius 1 is 0.682 bits per heavy atom. The molecule has 0 aromatic carbocycles. The van der Waals surface area contributed by atoms with Crippen LogP contribution in [0.1, 0.15) is 40.5 Å². The second kappa shape index (κ2) is 10.3. The molecule has 0 saturated heterocycles. The molecule has 6 heteroatoms. The lowest BCUT2D eigenvalue weighted by molar-refractivity contribution is 0.311. The Hall–Kier alpha value is -0.560. The van der Waals surface area contributed by atoms with Gasteiger partial charge in [-0.3, -0.25) is 10.6 Å². The van der Waals surface area contributed by atoms with Crippen LogP contribution in [0.3, 0.4) is 0 Å². The SMILES string of the molecule is CN(C)CCCNC(C)(C)N=NC(C)(C)NCCCN(C)C. The van der Waals surface area contributed by atoms with Crippen LogP contribution in [-0.2, 0) is 0 Å². The highest BCUT2D eigenvalue weighted by Gasteiger charge is 2.19. The van der Waals surface area contributed by atoms with Gasteiger partial charge < -0.3 is 9.80 Å². The van der Waals surface area contributed by atoms with Crippen molar-refractivity contribution in [1.82, 2.24) is 20.4 Å². The lowest BCUT2D eigenvalue weighted by Gasteiger charge is -2.25. The van der Waals surface area contributed by atoms with Crippen molar-refractivity contribution >= 4 is 0 Å². The maximum atomic E-state index is 4.49. The van der Waals surface area contributed by atoms with Gasteiger partial charge in [-0.25, -0.2) is 0 Å². The van der Waals surface area contributed by atoms with Crippen molar-refractivity contribution in [3.8, 4) is 0 Å². The molecule has 0 aliphatic rings. The Bertz CT molecular complexity index is 280. The highest BCUT2D eigenvalue weighted by Crippen LogP contribution is 2.11. The predicted molar refractivity (Wildman–Crippen MR) is 95.4 cm³/mol. The summed E-state index contributed by atoms with van der Waals surface area (Å²) in [5, 5.41) is 15.9.